The number of hydrogen-bond donors (Lipinski definition) is 2. The zero-order chi connectivity index (χ0) is 21.3. The Balaban J connectivity index is 1.55. The van der Waals surface area contributed by atoms with Crippen LogP contribution in [0.3, 0.4) is 0 Å². The second-order valence-corrected chi connectivity index (χ2v) is 8.28. The van der Waals surface area contributed by atoms with E-state index in [0.29, 0.717) is 27.7 Å². The van der Waals surface area contributed by atoms with E-state index < -0.39 is 0 Å². The Hall–Kier alpha value is -3.16. The van der Waals surface area contributed by atoms with Crippen LogP contribution in [0.25, 0.3) is 10.2 Å². The third-order valence-electron chi connectivity index (χ3n) is 4.71. The molecule has 0 radical (unpaired) electrons. The number of aromatic nitrogens is 2. The Bertz CT molecular complexity index is 1230. The zero-order valence-electron chi connectivity index (χ0n) is 16.4. The normalized spacial score (nSPS) is 10.9. The van der Waals surface area contributed by atoms with E-state index in [9.17, 15) is 9.59 Å². The number of thiophene rings is 1. The maximum atomic E-state index is 12.8. The molecule has 0 aliphatic heterocycles. The highest BCUT2D eigenvalue weighted by molar-refractivity contribution is 7.20. The summed E-state index contributed by atoms with van der Waals surface area (Å²) in [6, 6.07) is 16.3. The number of rotatable bonds is 5. The van der Waals surface area contributed by atoms with Crippen LogP contribution in [-0.2, 0) is 6.54 Å². The van der Waals surface area contributed by atoms with Crippen LogP contribution in [0.4, 0.5) is 5.69 Å². The van der Waals surface area contributed by atoms with Crippen LogP contribution in [0.15, 0.2) is 54.6 Å². The van der Waals surface area contributed by atoms with Gasteiger partial charge in [-0.15, -0.1) is 11.3 Å². The standard InChI is InChI=1S/C22H19ClN4O2S/c1-13-18-11-19(21(29)25-17-9-5-15(6-10-17)20(28)24-2)30-22(18)27(26-13)12-14-3-7-16(23)8-4-14/h3-11H,12H2,1-2H3,(H,24,28)(H,25,29). The molecule has 2 aromatic carbocycles. The highest BCUT2D eigenvalue weighted by Crippen LogP contribution is 2.29. The van der Waals surface area contributed by atoms with Gasteiger partial charge in [-0.1, -0.05) is 23.7 Å². The van der Waals surface area contributed by atoms with Crippen molar-refractivity contribution in [2.45, 2.75) is 13.5 Å². The van der Waals surface area contributed by atoms with E-state index in [1.165, 1.54) is 11.3 Å². The summed E-state index contributed by atoms with van der Waals surface area (Å²) in [5, 5.41) is 11.7. The van der Waals surface area contributed by atoms with Crippen molar-refractivity contribution in [2.75, 3.05) is 12.4 Å². The van der Waals surface area contributed by atoms with Crippen LogP contribution in [0.2, 0.25) is 5.02 Å². The second kappa shape index (κ2) is 8.30. The number of anilines is 1. The van der Waals surface area contributed by atoms with Crippen LogP contribution in [0, 0.1) is 6.92 Å². The van der Waals surface area contributed by atoms with Crippen molar-refractivity contribution in [1.82, 2.24) is 15.1 Å². The molecule has 0 saturated heterocycles. The summed E-state index contributed by atoms with van der Waals surface area (Å²) in [7, 11) is 1.58. The smallest absolute Gasteiger partial charge is 0.265 e. The van der Waals surface area contributed by atoms with E-state index >= 15 is 0 Å². The van der Waals surface area contributed by atoms with Crippen molar-refractivity contribution >= 4 is 50.7 Å². The predicted octanol–water partition coefficient (Wildman–Crippen LogP) is 4.72. The first-order valence-electron chi connectivity index (χ1n) is 9.29. The van der Waals surface area contributed by atoms with Crippen LogP contribution < -0.4 is 10.6 Å². The number of nitrogens with one attached hydrogen (secondary N) is 2. The van der Waals surface area contributed by atoms with Gasteiger partial charge in [0.15, 0.2) is 0 Å². The number of amides is 2. The van der Waals surface area contributed by atoms with Crippen molar-refractivity contribution in [3.8, 4) is 0 Å². The van der Waals surface area contributed by atoms with Gasteiger partial charge in [0.1, 0.15) is 4.83 Å². The zero-order valence-corrected chi connectivity index (χ0v) is 18.0. The summed E-state index contributed by atoms with van der Waals surface area (Å²) in [4.78, 5) is 25.9. The largest absolute Gasteiger partial charge is 0.355 e. The SMILES string of the molecule is CNC(=O)c1ccc(NC(=O)c2cc3c(C)nn(Cc4ccc(Cl)cc4)c3s2)cc1. The minimum Gasteiger partial charge on any atom is -0.355 e. The molecule has 2 amide bonds. The van der Waals surface area contributed by atoms with Crippen molar-refractivity contribution in [1.29, 1.82) is 0 Å². The van der Waals surface area contributed by atoms with E-state index in [-0.39, 0.29) is 11.8 Å². The number of benzene rings is 2. The lowest BCUT2D eigenvalue weighted by Crippen LogP contribution is -2.17. The maximum Gasteiger partial charge on any atom is 0.265 e. The van der Waals surface area contributed by atoms with Gasteiger partial charge >= 0.3 is 0 Å². The van der Waals surface area contributed by atoms with Gasteiger partial charge < -0.3 is 10.6 Å². The number of fused-ring (bicyclic) bond motifs is 1. The molecule has 152 valence electrons. The van der Waals surface area contributed by atoms with Crippen LogP contribution in [0.5, 0.6) is 0 Å². The number of carbonyl (C=O) groups is 2. The Morgan fingerprint density at radius 1 is 1.07 bits per heavy atom. The summed E-state index contributed by atoms with van der Waals surface area (Å²) in [5.41, 5.74) is 3.13. The Kier molecular flexibility index (Phi) is 5.57. The summed E-state index contributed by atoms with van der Waals surface area (Å²) >= 11 is 7.37. The van der Waals surface area contributed by atoms with Gasteiger partial charge in [0.05, 0.1) is 17.1 Å². The number of carbonyl (C=O) groups excluding carboxylic acids is 2. The molecule has 30 heavy (non-hydrogen) atoms. The molecule has 0 aliphatic carbocycles. The molecule has 4 rings (SSSR count). The predicted molar refractivity (Wildman–Crippen MR) is 121 cm³/mol. The lowest BCUT2D eigenvalue weighted by atomic mass is 10.2. The van der Waals surface area contributed by atoms with E-state index in [1.807, 2.05) is 41.9 Å². The summed E-state index contributed by atoms with van der Waals surface area (Å²) < 4.78 is 1.91. The van der Waals surface area contributed by atoms with Gasteiger partial charge in [-0.2, -0.15) is 5.10 Å². The third kappa shape index (κ3) is 4.08. The number of hydrogen-bond acceptors (Lipinski definition) is 4. The van der Waals surface area contributed by atoms with Crippen molar-refractivity contribution < 1.29 is 9.59 Å². The van der Waals surface area contributed by atoms with Crippen molar-refractivity contribution in [2.24, 2.45) is 0 Å². The molecule has 2 heterocycles. The maximum absolute atomic E-state index is 12.8. The fourth-order valence-corrected chi connectivity index (χ4v) is 4.32. The Morgan fingerprint density at radius 3 is 2.43 bits per heavy atom. The fraction of sp³-hybridized carbons (Fsp3) is 0.136. The highest BCUT2D eigenvalue weighted by atomic mass is 35.5. The lowest BCUT2D eigenvalue weighted by molar-refractivity contribution is 0.0962. The minimum absolute atomic E-state index is 0.168. The van der Waals surface area contributed by atoms with E-state index in [0.717, 1.165) is 21.5 Å². The molecule has 0 bridgehead atoms. The molecule has 0 aliphatic rings. The fourth-order valence-electron chi connectivity index (χ4n) is 3.14. The van der Waals surface area contributed by atoms with E-state index in [4.69, 9.17) is 11.6 Å². The van der Waals surface area contributed by atoms with Gasteiger partial charge in [0, 0.05) is 28.7 Å². The first-order valence-corrected chi connectivity index (χ1v) is 10.5. The minimum atomic E-state index is -0.193. The Labute approximate surface area is 182 Å². The van der Waals surface area contributed by atoms with Gasteiger partial charge in [0.25, 0.3) is 11.8 Å². The van der Waals surface area contributed by atoms with Gasteiger partial charge in [-0.25, -0.2) is 0 Å². The molecule has 0 spiro atoms. The molecule has 8 heteroatoms. The average molecular weight is 439 g/mol. The highest BCUT2D eigenvalue weighted by Gasteiger charge is 2.17. The topological polar surface area (TPSA) is 76.0 Å². The van der Waals surface area contributed by atoms with Crippen LogP contribution in [0.1, 0.15) is 31.3 Å². The number of nitrogens with zero attached hydrogens (tertiary/aromatic N) is 2. The lowest BCUT2D eigenvalue weighted by Gasteiger charge is -2.05. The third-order valence-corrected chi connectivity index (χ3v) is 6.11. The molecule has 4 aromatic rings. The molecule has 6 nitrogen and oxygen atoms in total. The van der Waals surface area contributed by atoms with E-state index in [2.05, 4.69) is 15.7 Å². The number of aryl methyl sites for hydroxylation is 1. The molecule has 0 atom stereocenters. The first-order chi connectivity index (χ1) is 14.4. The number of halogens is 1. The van der Waals surface area contributed by atoms with Crippen molar-refractivity contribution in [3.63, 3.8) is 0 Å². The molecular weight excluding hydrogens is 420 g/mol. The molecule has 2 aromatic heterocycles. The molecule has 0 unspecified atom stereocenters. The Morgan fingerprint density at radius 2 is 1.77 bits per heavy atom. The summed E-state index contributed by atoms with van der Waals surface area (Å²) in [6.45, 7) is 2.54. The van der Waals surface area contributed by atoms with Crippen LogP contribution >= 0.6 is 22.9 Å². The molecule has 2 N–H and O–H groups in total. The monoisotopic (exact) mass is 438 g/mol. The van der Waals surface area contributed by atoms with Crippen molar-refractivity contribution in [3.05, 3.63) is 81.3 Å². The van der Waals surface area contributed by atoms with Crippen LogP contribution in [-0.4, -0.2) is 28.6 Å². The van der Waals surface area contributed by atoms with Gasteiger partial charge in [-0.3, -0.25) is 14.3 Å². The summed E-state index contributed by atoms with van der Waals surface area (Å²) in [6.07, 6.45) is 0. The second-order valence-electron chi connectivity index (χ2n) is 6.81. The van der Waals surface area contributed by atoms with Gasteiger partial charge in [0.2, 0.25) is 0 Å². The van der Waals surface area contributed by atoms with Gasteiger partial charge in [-0.05, 0) is 55.0 Å². The summed E-state index contributed by atoms with van der Waals surface area (Å²) in [5.74, 6) is -0.362. The molecule has 0 saturated carbocycles. The van der Waals surface area contributed by atoms with E-state index in [1.54, 1.807) is 31.3 Å². The quantitative estimate of drug-likeness (QED) is 0.473. The molecular formula is C22H19ClN4O2S. The first kappa shape index (κ1) is 20.1. The molecule has 0 fully saturated rings. The average Bonchev–Trinajstić information content (AvgIpc) is 3.31.